The minimum absolute atomic E-state index is 0.598. The maximum Gasteiger partial charge on any atom is 0.0249 e. The monoisotopic (exact) mass is 346 g/mol. The van der Waals surface area contributed by atoms with E-state index in [0.29, 0.717) is 5.92 Å². The molecule has 0 unspecified atom stereocenters. The number of rotatable bonds is 6. The van der Waals surface area contributed by atoms with Gasteiger partial charge in [0, 0.05) is 11.5 Å². The van der Waals surface area contributed by atoms with Crippen LogP contribution in [0, 0.1) is 35.5 Å². The molecule has 138 valence electrons. The van der Waals surface area contributed by atoms with Gasteiger partial charge in [-0.25, -0.2) is 0 Å². The van der Waals surface area contributed by atoms with Crippen molar-refractivity contribution >= 4 is 0 Å². The van der Waals surface area contributed by atoms with Crippen LogP contribution in [0.5, 0.6) is 0 Å². The molecule has 0 radical (unpaired) electrons. The van der Waals surface area contributed by atoms with Crippen molar-refractivity contribution < 1.29 is 0 Å². The van der Waals surface area contributed by atoms with Gasteiger partial charge < -0.3 is 0 Å². The number of hydrogen-bond acceptors (Lipinski definition) is 0. The summed E-state index contributed by atoms with van der Waals surface area (Å²) in [7, 11) is 0. The van der Waals surface area contributed by atoms with Crippen LogP contribution in [0.2, 0.25) is 0 Å². The Kier molecular flexibility index (Phi) is 9.75. The van der Waals surface area contributed by atoms with Crippen LogP contribution in [-0.4, -0.2) is 0 Å². The van der Waals surface area contributed by atoms with E-state index < -0.39 is 0 Å². The van der Waals surface area contributed by atoms with Crippen LogP contribution in [0.4, 0.5) is 0 Å². The largest absolute Gasteiger partial charge is 0.0951 e. The van der Waals surface area contributed by atoms with Crippen molar-refractivity contribution in [3.8, 4) is 23.7 Å². The van der Waals surface area contributed by atoms with Crippen molar-refractivity contribution in [3.63, 3.8) is 0 Å². The second-order valence-electron chi connectivity index (χ2n) is 7.55. The third-order valence-corrected chi connectivity index (χ3v) is 5.34. The Hall–Kier alpha value is -1.92. The van der Waals surface area contributed by atoms with Crippen molar-refractivity contribution in [3.05, 3.63) is 47.5 Å². The van der Waals surface area contributed by atoms with Gasteiger partial charge in [-0.15, -0.1) is 0 Å². The molecule has 0 nitrogen and oxygen atoms in total. The van der Waals surface area contributed by atoms with Crippen molar-refractivity contribution in [1.82, 2.24) is 0 Å². The zero-order chi connectivity index (χ0) is 18.5. The highest BCUT2D eigenvalue weighted by Gasteiger charge is 2.18. The maximum atomic E-state index is 3.42. The van der Waals surface area contributed by atoms with Gasteiger partial charge >= 0.3 is 0 Å². The molecule has 0 heteroatoms. The normalized spacial score (nSPS) is 19.5. The zero-order valence-corrected chi connectivity index (χ0v) is 16.7. The van der Waals surface area contributed by atoms with E-state index in [0.717, 1.165) is 11.5 Å². The number of unbranched alkanes of at least 4 members (excludes halogenated alkanes) is 2. The van der Waals surface area contributed by atoms with E-state index in [1.807, 2.05) is 12.2 Å². The molecule has 0 atom stereocenters. The number of aryl methyl sites for hydroxylation is 1. The molecule has 0 aliphatic heterocycles. The topological polar surface area (TPSA) is 0 Å². The summed E-state index contributed by atoms with van der Waals surface area (Å²) in [6, 6.07) is 8.63. The van der Waals surface area contributed by atoms with Gasteiger partial charge in [0.2, 0.25) is 0 Å². The average Bonchev–Trinajstić information content (AvgIpc) is 2.69. The van der Waals surface area contributed by atoms with Gasteiger partial charge in [0.1, 0.15) is 0 Å². The molecular formula is C26H34. The summed E-state index contributed by atoms with van der Waals surface area (Å²) in [6.07, 6.45) is 16.9. The molecule has 26 heavy (non-hydrogen) atoms. The highest BCUT2D eigenvalue weighted by molar-refractivity contribution is 5.39. The van der Waals surface area contributed by atoms with Crippen molar-refractivity contribution in [2.75, 3.05) is 0 Å². The van der Waals surface area contributed by atoms with Gasteiger partial charge in [0.15, 0.2) is 0 Å². The molecule has 0 N–H and O–H groups in total. The Morgan fingerprint density at radius 3 is 2.27 bits per heavy atom. The van der Waals surface area contributed by atoms with Crippen molar-refractivity contribution in [1.29, 1.82) is 0 Å². The second-order valence-corrected chi connectivity index (χ2v) is 7.55. The van der Waals surface area contributed by atoms with Crippen molar-refractivity contribution in [2.24, 2.45) is 11.8 Å². The first-order chi connectivity index (χ1) is 12.8. The van der Waals surface area contributed by atoms with Crippen molar-refractivity contribution in [2.45, 2.75) is 78.1 Å². The van der Waals surface area contributed by atoms with E-state index in [-0.39, 0.29) is 0 Å². The third-order valence-electron chi connectivity index (χ3n) is 5.34. The fourth-order valence-electron chi connectivity index (χ4n) is 3.60. The Morgan fingerprint density at radius 2 is 1.58 bits per heavy atom. The molecular weight excluding hydrogens is 312 g/mol. The van der Waals surface area contributed by atoms with Crippen LogP contribution in [0.25, 0.3) is 0 Å². The third kappa shape index (κ3) is 7.97. The lowest BCUT2D eigenvalue weighted by molar-refractivity contribution is 0.296. The van der Waals surface area contributed by atoms with Crippen LogP contribution in [-0.2, 0) is 6.42 Å². The van der Waals surface area contributed by atoms with E-state index in [1.54, 1.807) is 0 Å². The average molecular weight is 347 g/mol. The maximum absolute atomic E-state index is 3.42. The molecule has 0 aromatic heterocycles. The minimum Gasteiger partial charge on any atom is -0.0951 e. The molecule has 1 aromatic rings. The van der Waals surface area contributed by atoms with Gasteiger partial charge in [0.05, 0.1) is 0 Å². The Labute approximate surface area is 161 Å². The van der Waals surface area contributed by atoms with Gasteiger partial charge in [-0.2, -0.15) is 0 Å². The highest BCUT2D eigenvalue weighted by Crippen LogP contribution is 2.31. The van der Waals surface area contributed by atoms with E-state index in [2.05, 4.69) is 61.8 Å². The lowest BCUT2D eigenvalue weighted by Crippen LogP contribution is -2.13. The van der Waals surface area contributed by atoms with Crippen LogP contribution in [0.15, 0.2) is 36.4 Å². The first kappa shape index (κ1) is 20.4. The smallest absolute Gasteiger partial charge is 0.0249 e. The molecule has 0 bridgehead atoms. The predicted octanol–water partition coefficient (Wildman–Crippen LogP) is 6.94. The first-order valence-corrected chi connectivity index (χ1v) is 10.6. The van der Waals surface area contributed by atoms with E-state index >= 15 is 0 Å². The molecule has 1 fully saturated rings. The molecule has 1 aromatic carbocycles. The van der Waals surface area contributed by atoms with Crippen LogP contribution < -0.4 is 0 Å². The molecule has 1 aliphatic rings. The van der Waals surface area contributed by atoms with E-state index in [1.165, 1.54) is 69.8 Å². The fraction of sp³-hybridized carbons (Fsp3) is 0.538. The summed E-state index contributed by atoms with van der Waals surface area (Å²) < 4.78 is 0. The minimum atomic E-state index is 0.598. The zero-order valence-electron chi connectivity index (χ0n) is 16.7. The fourth-order valence-corrected chi connectivity index (χ4v) is 3.60. The molecule has 1 aliphatic carbocycles. The molecule has 0 saturated heterocycles. The van der Waals surface area contributed by atoms with E-state index in [9.17, 15) is 0 Å². The summed E-state index contributed by atoms with van der Waals surface area (Å²) in [5, 5.41) is 0. The highest BCUT2D eigenvalue weighted by atomic mass is 14.2. The number of allylic oxidation sites excluding steroid dienone is 2. The van der Waals surface area contributed by atoms with Gasteiger partial charge in [-0.3, -0.25) is 0 Å². The molecule has 0 amide bonds. The van der Waals surface area contributed by atoms with Gasteiger partial charge in [0.25, 0.3) is 0 Å². The Bertz CT molecular complexity index is 646. The molecule has 0 spiro atoms. The number of benzene rings is 1. The lowest BCUT2D eigenvalue weighted by atomic mass is 9.80. The summed E-state index contributed by atoms with van der Waals surface area (Å²) in [4.78, 5) is 0. The summed E-state index contributed by atoms with van der Waals surface area (Å²) in [5.41, 5.74) is 2.48. The SMILES string of the molecule is CCCCc1ccc(C#CC=CC#CC2CCC(CCCC)CC2)cc1. The van der Waals surface area contributed by atoms with E-state index in [4.69, 9.17) is 0 Å². The Morgan fingerprint density at radius 1 is 0.885 bits per heavy atom. The van der Waals surface area contributed by atoms with Gasteiger partial charge in [-0.1, -0.05) is 75.3 Å². The molecule has 1 saturated carbocycles. The van der Waals surface area contributed by atoms with Gasteiger partial charge in [-0.05, 0) is 74.3 Å². The molecule has 2 rings (SSSR count). The summed E-state index contributed by atoms with van der Waals surface area (Å²) >= 11 is 0. The van der Waals surface area contributed by atoms with Crippen LogP contribution >= 0.6 is 0 Å². The lowest BCUT2D eigenvalue weighted by Gasteiger charge is -2.25. The number of hydrogen-bond donors (Lipinski definition) is 0. The second kappa shape index (κ2) is 12.4. The van der Waals surface area contributed by atoms with Crippen LogP contribution in [0.3, 0.4) is 0 Å². The predicted molar refractivity (Wildman–Crippen MR) is 114 cm³/mol. The summed E-state index contributed by atoms with van der Waals surface area (Å²) in [5.74, 6) is 14.5. The molecule has 0 heterocycles. The quantitative estimate of drug-likeness (QED) is 0.489. The summed E-state index contributed by atoms with van der Waals surface area (Å²) in [6.45, 7) is 4.52. The first-order valence-electron chi connectivity index (χ1n) is 10.6. The van der Waals surface area contributed by atoms with Crippen LogP contribution in [0.1, 0.15) is 82.8 Å². The Balaban J connectivity index is 1.72. The standard InChI is InChI=1S/C26H34/c1-3-5-11-23-15-19-25(20-16-23)13-9-7-8-10-14-26-21-17-24(18-22-26)12-6-4-2/h7-8,15-16,19-20,24,26H,3-6,11-12,17-18,21-22H2,1-2H3.